The molecule has 136 valence electrons. The molecule has 0 saturated carbocycles. The second kappa shape index (κ2) is 8.21. The molecule has 0 amide bonds. The molecule has 0 radical (unpaired) electrons. The van der Waals surface area contributed by atoms with Crippen LogP contribution in [0.1, 0.15) is 18.2 Å². The molecule has 0 saturated heterocycles. The zero-order valence-electron chi connectivity index (χ0n) is 14.6. The Balaban J connectivity index is 1.89. The third kappa shape index (κ3) is 5.64. The van der Waals surface area contributed by atoms with Gasteiger partial charge >= 0.3 is 0 Å². The minimum absolute atomic E-state index is 0.194. The highest BCUT2D eigenvalue weighted by Crippen LogP contribution is 2.20. The van der Waals surface area contributed by atoms with Gasteiger partial charge in [0.15, 0.2) is 5.37 Å². The molecule has 8 nitrogen and oxygen atoms in total. The predicted octanol–water partition coefficient (Wildman–Crippen LogP) is 1.99. The zero-order valence-corrected chi connectivity index (χ0v) is 15.4. The van der Waals surface area contributed by atoms with Crippen LogP contribution in [0, 0.1) is 0 Å². The summed E-state index contributed by atoms with van der Waals surface area (Å²) in [5.41, 5.74) is 1.80. The van der Waals surface area contributed by atoms with Gasteiger partial charge < -0.3 is 9.45 Å². The average molecular weight is 365 g/mol. The van der Waals surface area contributed by atoms with Crippen LogP contribution in [-0.4, -0.2) is 38.2 Å². The number of aromatic nitrogens is 2. The van der Waals surface area contributed by atoms with Crippen LogP contribution in [0.2, 0.25) is 0 Å². The lowest BCUT2D eigenvalue weighted by Gasteiger charge is -2.16. The van der Waals surface area contributed by atoms with Gasteiger partial charge in [0.1, 0.15) is 22.5 Å². The molecule has 0 aliphatic rings. The Hall–Kier alpha value is -2.26. The molecule has 25 heavy (non-hydrogen) atoms. The van der Waals surface area contributed by atoms with Crippen LogP contribution >= 0.6 is 0 Å². The van der Waals surface area contributed by atoms with E-state index < -0.39 is 15.5 Å². The summed E-state index contributed by atoms with van der Waals surface area (Å²) >= 11 is 0. The van der Waals surface area contributed by atoms with E-state index >= 15 is 0 Å². The maximum Gasteiger partial charge on any atom is 0.244 e. The normalized spacial score (nSPS) is 13.3. The molecule has 1 atom stereocenters. The van der Waals surface area contributed by atoms with Crippen molar-refractivity contribution in [1.29, 1.82) is 0 Å². The summed E-state index contributed by atoms with van der Waals surface area (Å²) in [6.45, 7) is 0.356. The van der Waals surface area contributed by atoms with Crippen molar-refractivity contribution in [2.75, 3.05) is 25.5 Å². The second-order valence-electron chi connectivity index (χ2n) is 5.99. The van der Waals surface area contributed by atoms with Crippen LogP contribution in [0.25, 0.3) is 0 Å². The van der Waals surface area contributed by atoms with Gasteiger partial charge in [-0.1, -0.05) is 0 Å². The number of aryl methyl sites for hydroxylation is 1. The molecule has 0 fully saturated rings. The van der Waals surface area contributed by atoms with Crippen molar-refractivity contribution in [2.24, 2.45) is 17.3 Å². The summed E-state index contributed by atoms with van der Waals surface area (Å²) in [4.78, 5) is 1.99. The predicted molar refractivity (Wildman–Crippen MR) is 93.7 cm³/mol. The zero-order chi connectivity index (χ0) is 18.4. The van der Waals surface area contributed by atoms with E-state index in [9.17, 15) is 13.0 Å². The Morgan fingerprint density at radius 1 is 1.28 bits per heavy atom. The number of hydrogen-bond acceptors (Lipinski definition) is 6. The summed E-state index contributed by atoms with van der Waals surface area (Å²) in [5, 5.41) is 7.06. The van der Waals surface area contributed by atoms with Crippen LogP contribution in [0.3, 0.4) is 0 Å². The van der Waals surface area contributed by atoms with Crippen LogP contribution in [0.4, 0.5) is 11.4 Å². The number of azo groups is 1. The fraction of sp³-hybridized carbons (Fsp3) is 0.438. The molecule has 1 heterocycles. The largest absolute Gasteiger partial charge is 0.745 e. The summed E-state index contributed by atoms with van der Waals surface area (Å²) < 4.78 is 37.5. The van der Waals surface area contributed by atoms with E-state index in [1.54, 1.807) is 30.3 Å². The third-order valence-corrected chi connectivity index (χ3v) is 4.86. The van der Waals surface area contributed by atoms with Crippen molar-refractivity contribution in [3.05, 3.63) is 43.0 Å². The van der Waals surface area contributed by atoms with Gasteiger partial charge in [0, 0.05) is 26.2 Å². The van der Waals surface area contributed by atoms with E-state index in [0.717, 1.165) is 11.4 Å². The highest BCUT2D eigenvalue weighted by Gasteiger charge is 2.22. The third-order valence-electron chi connectivity index (χ3n) is 3.72. The first-order valence-electron chi connectivity index (χ1n) is 7.89. The number of rotatable bonds is 8. The van der Waals surface area contributed by atoms with Gasteiger partial charge in [-0.25, -0.2) is 17.6 Å². The molecular weight excluding hydrogens is 342 g/mol. The first-order valence-corrected chi connectivity index (χ1v) is 9.37. The Kier molecular flexibility index (Phi) is 6.27. The fourth-order valence-corrected chi connectivity index (χ4v) is 3.25. The molecule has 0 aliphatic carbocycles. The van der Waals surface area contributed by atoms with E-state index in [1.807, 2.05) is 43.3 Å². The number of hydrogen-bond donors (Lipinski definition) is 0. The van der Waals surface area contributed by atoms with Crippen LogP contribution < -0.4 is 9.47 Å². The van der Waals surface area contributed by atoms with Gasteiger partial charge in [0.2, 0.25) is 6.33 Å². The molecule has 2 rings (SSSR count). The van der Waals surface area contributed by atoms with E-state index in [2.05, 4.69) is 10.2 Å². The highest BCUT2D eigenvalue weighted by atomic mass is 32.2. The van der Waals surface area contributed by atoms with Gasteiger partial charge in [-0.2, -0.15) is 10.2 Å². The first-order chi connectivity index (χ1) is 11.8. The summed E-state index contributed by atoms with van der Waals surface area (Å²) in [7, 11) is 1.25. The van der Waals surface area contributed by atoms with Crippen molar-refractivity contribution in [3.8, 4) is 0 Å². The number of nitrogens with zero attached hydrogens (tertiary/aromatic N) is 5. The van der Waals surface area contributed by atoms with Gasteiger partial charge in [0.05, 0.1) is 19.3 Å². The SMILES string of the molecule is CN(C)c1ccc(N=NCCCC(n2cc[n+](C)c2)S(=O)(=O)[O-])cc1. The summed E-state index contributed by atoms with van der Waals surface area (Å²) in [6.07, 6.45) is 5.49. The van der Waals surface area contributed by atoms with Crippen LogP contribution in [0.5, 0.6) is 0 Å². The molecule has 0 N–H and O–H groups in total. The molecule has 1 unspecified atom stereocenters. The quantitative estimate of drug-likeness (QED) is 0.309. The first kappa shape index (κ1) is 19.1. The smallest absolute Gasteiger partial charge is 0.244 e. The Morgan fingerprint density at radius 3 is 2.48 bits per heavy atom. The molecular formula is C16H23N5O3S. The molecule has 0 bridgehead atoms. The Labute approximate surface area is 148 Å². The molecule has 9 heteroatoms. The van der Waals surface area contributed by atoms with E-state index in [1.165, 1.54) is 4.57 Å². The standard InChI is InChI=1S/C16H23N5O3S/c1-19(2)15-8-6-14(7-9-15)18-17-10-4-5-16(25(22,23)24)21-12-11-20(3)13-21/h6-9,11-13,16H,4-5,10H2,1-3H3. The van der Waals surface area contributed by atoms with Gasteiger partial charge in [-0.05, 0) is 30.7 Å². The van der Waals surface area contributed by atoms with E-state index in [-0.39, 0.29) is 6.42 Å². The van der Waals surface area contributed by atoms with Crippen molar-refractivity contribution in [2.45, 2.75) is 18.2 Å². The van der Waals surface area contributed by atoms with Crippen molar-refractivity contribution < 1.29 is 17.5 Å². The van der Waals surface area contributed by atoms with Gasteiger partial charge in [-0.15, -0.1) is 0 Å². The lowest BCUT2D eigenvalue weighted by molar-refractivity contribution is -0.671. The monoisotopic (exact) mass is 365 g/mol. The molecule has 1 aromatic carbocycles. The highest BCUT2D eigenvalue weighted by molar-refractivity contribution is 7.85. The Bertz CT molecular complexity index is 813. The average Bonchev–Trinajstić information content (AvgIpc) is 2.96. The van der Waals surface area contributed by atoms with Crippen molar-refractivity contribution in [3.63, 3.8) is 0 Å². The van der Waals surface area contributed by atoms with Gasteiger partial charge in [0.25, 0.3) is 0 Å². The van der Waals surface area contributed by atoms with Crippen LogP contribution in [0.15, 0.2) is 53.2 Å². The van der Waals surface area contributed by atoms with E-state index in [4.69, 9.17) is 0 Å². The molecule has 0 spiro atoms. The summed E-state index contributed by atoms with van der Waals surface area (Å²) in [6, 6.07) is 7.62. The maximum absolute atomic E-state index is 11.5. The van der Waals surface area contributed by atoms with Crippen molar-refractivity contribution in [1.82, 2.24) is 4.57 Å². The minimum atomic E-state index is -4.43. The lowest BCUT2D eigenvalue weighted by Crippen LogP contribution is -2.26. The number of benzene rings is 1. The van der Waals surface area contributed by atoms with Gasteiger partial charge in [-0.3, -0.25) is 0 Å². The number of imidazole rings is 1. The topological polar surface area (TPSA) is 94.0 Å². The molecule has 2 aromatic rings. The molecule has 1 aromatic heterocycles. The Morgan fingerprint density at radius 2 is 1.96 bits per heavy atom. The number of anilines is 1. The second-order valence-corrected chi connectivity index (χ2v) is 7.52. The van der Waals surface area contributed by atoms with Crippen LogP contribution in [-0.2, 0) is 17.2 Å². The maximum atomic E-state index is 11.5. The summed E-state index contributed by atoms with van der Waals surface area (Å²) in [5.74, 6) is 0. The molecule has 0 aliphatic heterocycles. The van der Waals surface area contributed by atoms with E-state index in [0.29, 0.717) is 13.0 Å². The minimum Gasteiger partial charge on any atom is -0.745 e. The van der Waals surface area contributed by atoms with Crippen molar-refractivity contribution >= 4 is 21.5 Å². The lowest BCUT2D eigenvalue weighted by atomic mass is 10.3. The fourth-order valence-electron chi connectivity index (χ4n) is 2.37.